The van der Waals surface area contributed by atoms with Gasteiger partial charge < -0.3 is 14.8 Å². The summed E-state index contributed by atoms with van der Waals surface area (Å²) in [5, 5.41) is 3.32. The van der Waals surface area contributed by atoms with Gasteiger partial charge in [0.05, 0.1) is 6.04 Å². The van der Waals surface area contributed by atoms with Crippen LogP contribution in [0.5, 0.6) is 0 Å². The van der Waals surface area contributed by atoms with Gasteiger partial charge in [-0.2, -0.15) is 0 Å². The maximum atomic E-state index is 11.9. The van der Waals surface area contributed by atoms with Crippen molar-refractivity contribution in [2.75, 3.05) is 0 Å². The highest BCUT2D eigenvalue weighted by Gasteiger charge is 2.24. The highest BCUT2D eigenvalue weighted by atomic mass is 35.5. The second-order valence-corrected chi connectivity index (χ2v) is 6.11. The maximum absolute atomic E-state index is 11.9. The number of ether oxygens (including phenoxy) is 1. The molecular weight excluding hydrogens is 278 g/mol. The number of hydrogen-bond donors (Lipinski definition) is 1. The van der Waals surface area contributed by atoms with Crippen molar-refractivity contribution in [3.8, 4) is 0 Å². The molecule has 1 rings (SSSR count). The topological polar surface area (TPSA) is 55.4 Å². The molecular formula is C15H20ClNO3. The van der Waals surface area contributed by atoms with Gasteiger partial charge in [-0.25, -0.2) is 4.79 Å². The molecule has 0 bridgehead atoms. The molecule has 1 N–H and O–H groups in total. The molecule has 20 heavy (non-hydrogen) atoms. The van der Waals surface area contributed by atoms with Gasteiger partial charge in [0, 0.05) is 10.9 Å². The van der Waals surface area contributed by atoms with Crippen molar-refractivity contribution in [3.63, 3.8) is 0 Å². The Morgan fingerprint density at radius 1 is 1.30 bits per heavy atom. The second kappa shape index (κ2) is 6.75. The van der Waals surface area contributed by atoms with Crippen LogP contribution in [0.15, 0.2) is 24.3 Å². The number of amides is 1. The third kappa shape index (κ3) is 5.21. The highest BCUT2D eigenvalue weighted by molar-refractivity contribution is 6.30. The quantitative estimate of drug-likeness (QED) is 0.861. The van der Waals surface area contributed by atoms with Gasteiger partial charge in [0.1, 0.15) is 11.9 Å². The van der Waals surface area contributed by atoms with Crippen molar-refractivity contribution in [2.24, 2.45) is 5.92 Å². The van der Waals surface area contributed by atoms with Crippen molar-refractivity contribution in [1.82, 2.24) is 5.32 Å². The molecule has 0 saturated heterocycles. The first-order valence-electron chi connectivity index (χ1n) is 6.43. The summed E-state index contributed by atoms with van der Waals surface area (Å²) in [5.74, 6) is -0.372. The zero-order valence-electron chi connectivity index (χ0n) is 12.1. The third-order valence-corrected chi connectivity index (χ3v) is 2.89. The highest BCUT2D eigenvalue weighted by Crippen LogP contribution is 2.23. The molecule has 0 saturated carbocycles. The zero-order valence-corrected chi connectivity index (χ0v) is 12.9. The number of alkyl carbamates (subject to hydrolysis) is 1. The average Bonchev–Trinajstić information content (AvgIpc) is 2.34. The number of hydrogen-bond acceptors (Lipinski definition) is 3. The number of halogens is 1. The Morgan fingerprint density at radius 3 is 2.30 bits per heavy atom. The largest absolute Gasteiger partial charge is 0.444 e. The van der Waals surface area contributed by atoms with Crippen LogP contribution >= 0.6 is 11.6 Å². The summed E-state index contributed by atoms with van der Waals surface area (Å²) in [6, 6.07) is 6.56. The summed E-state index contributed by atoms with van der Waals surface area (Å²) in [6.07, 6.45) is 0.252. The number of rotatable bonds is 4. The van der Waals surface area contributed by atoms with E-state index in [1.807, 2.05) is 0 Å². The van der Waals surface area contributed by atoms with Gasteiger partial charge in [-0.05, 0) is 38.5 Å². The molecule has 0 aromatic heterocycles. The average molecular weight is 298 g/mol. The van der Waals surface area contributed by atoms with Crippen LogP contribution < -0.4 is 5.32 Å². The van der Waals surface area contributed by atoms with E-state index in [9.17, 15) is 9.59 Å². The van der Waals surface area contributed by atoms with Gasteiger partial charge in [-0.1, -0.05) is 30.7 Å². The molecule has 0 aliphatic carbocycles. The van der Waals surface area contributed by atoms with Crippen molar-refractivity contribution in [2.45, 2.75) is 39.3 Å². The van der Waals surface area contributed by atoms with E-state index in [-0.39, 0.29) is 5.92 Å². The van der Waals surface area contributed by atoms with Gasteiger partial charge in [0.25, 0.3) is 0 Å². The summed E-state index contributed by atoms with van der Waals surface area (Å²) in [7, 11) is 0. The van der Waals surface area contributed by atoms with Crippen molar-refractivity contribution < 1.29 is 14.3 Å². The first-order valence-corrected chi connectivity index (χ1v) is 6.81. The molecule has 1 aromatic rings. The van der Waals surface area contributed by atoms with Crippen LogP contribution in [0.3, 0.4) is 0 Å². The summed E-state index contributed by atoms with van der Waals surface area (Å²) in [4.78, 5) is 22.9. The molecule has 110 valence electrons. The van der Waals surface area contributed by atoms with Crippen LogP contribution in [-0.4, -0.2) is 18.0 Å². The lowest BCUT2D eigenvalue weighted by molar-refractivity contribution is -0.111. The van der Waals surface area contributed by atoms with Crippen LogP contribution in [0, 0.1) is 5.92 Å². The van der Waals surface area contributed by atoms with E-state index in [1.165, 1.54) is 0 Å². The minimum Gasteiger partial charge on any atom is -0.444 e. The second-order valence-electron chi connectivity index (χ2n) is 5.67. The molecule has 0 aliphatic rings. The van der Waals surface area contributed by atoms with Crippen LogP contribution in [0.25, 0.3) is 0 Å². The first kappa shape index (κ1) is 16.5. The summed E-state index contributed by atoms with van der Waals surface area (Å²) < 4.78 is 5.22. The summed E-state index contributed by atoms with van der Waals surface area (Å²) in [5.41, 5.74) is 0.221. The third-order valence-electron chi connectivity index (χ3n) is 2.64. The van der Waals surface area contributed by atoms with Crippen LogP contribution in [0.4, 0.5) is 4.79 Å². The Bertz CT molecular complexity index is 465. The molecule has 1 amide bonds. The molecule has 0 fully saturated rings. The number of nitrogens with one attached hydrogen (secondary N) is 1. The Hall–Kier alpha value is -1.55. The lowest BCUT2D eigenvalue weighted by atomic mass is 9.96. The fourth-order valence-electron chi connectivity index (χ4n) is 1.70. The van der Waals surface area contributed by atoms with E-state index >= 15 is 0 Å². The molecule has 0 aliphatic heterocycles. The number of benzene rings is 1. The van der Waals surface area contributed by atoms with Gasteiger partial charge in [-0.3, -0.25) is 0 Å². The summed E-state index contributed by atoms with van der Waals surface area (Å²) >= 11 is 5.84. The molecule has 0 heterocycles. The predicted molar refractivity (Wildman–Crippen MR) is 78.8 cm³/mol. The van der Waals surface area contributed by atoms with E-state index in [0.717, 1.165) is 11.8 Å². The van der Waals surface area contributed by atoms with Gasteiger partial charge >= 0.3 is 6.09 Å². The molecule has 1 aromatic carbocycles. The summed E-state index contributed by atoms with van der Waals surface area (Å²) in [6.45, 7) is 7.09. The monoisotopic (exact) mass is 297 g/mol. The fraction of sp³-hybridized carbons (Fsp3) is 0.467. The fourth-order valence-corrected chi connectivity index (χ4v) is 1.83. The Labute approximate surface area is 124 Å². The molecule has 5 heteroatoms. The minimum absolute atomic E-state index is 0.372. The maximum Gasteiger partial charge on any atom is 0.408 e. The zero-order chi connectivity index (χ0) is 15.3. The number of carbonyl (C=O) groups excluding carboxylic acids is 2. The lowest BCUT2D eigenvalue weighted by Crippen LogP contribution is -2.37. The molecule has 4 nitrogen and oxygen atoms in total. The lowest BCUT2D eigenvalue weighted by Gasteiger charge is -2.25. The van der Waals surface area contributed by atoms with E-state index in [2.05, 4.69) is 5.32 Å². The van der Waals surface area contributed by atoms with Gasteiger partial charge in [-0.15, -0.1) is 0 Å². The SMILES string of the molecule is C[C@H](C=O)C(NC(=O)OC(C)(C)C)c1ccc(Cl)cc1. The van der Waals surface area contributed by atoms with Crippen LogP contribution in [0.2, 0.25) is 5.02 Å². The van der Waals surface area contributed by atoms with Crippen molar-refractivity contribution in [1.29, 1.82) is 0 Å². The number of carbonyl (C=O) groups is 2. The van der Waals surface area contributed by atoms with E-state index in [0.29, 0.717) is 5.02 Å². The standard InChI is InChI=1S/C15H20ClNO3/c1-10(9-18)13(11-5-7-12(16)8-6-11)17-14(19)20-15(2,3)4/h5-10,13H,1-4H3,(H,17,19)/t10-,13?/m1/s1. The first-order chi connectivity index (χ1) is 9.23. The normalized spacial score (nSPS) is 14.2. The number of aldehydes is 1. The molecule has 1 unspecified atom stereocenters. The Balaban J connectivity index is 2.88. The van der Waals surface area contributed by atoms with Crippen molar-refractivity contribution >= 4 is 24.0 Å². The van der Waals surface area contributed by atoms with Crippen LogP contribution in [0.1, 0.15) is 39.3 Å². The van der Waals surface area contributed by atoms with E-state index in [4.69, 9.17) is 16.3 Å². The van der Waals surface area contributed by atoms with Gasteiger partial charge in [0.15, 0.2) is 0 Å². The molecule has 0 radical (unpaired) electrons. The van der Waals surface area contributed by atoms with E-state index in [1.54, 1.807) is 52.0 Å². The predicted octanol–water partition coefficient (Wildman–Crippen LogP) is 3.74. The van der Waals surface area contributed by atoms with Crippen molar-refractivity contribution in [3.05, 3.63) is 34.9 Å². The Kier molecular flexibility index (Phi) is 5.57. The Morgan fingerprint density at radius 2 is 1.85 bits per heavy atom. The van der Waals surface area contributed by atoms with E-state index < -0.39 is 17.7 Å². The van der Waals surface area contributed by atoms with Crippen LogP contribution in [-0.2, 0) is 9.53 Å². The smallest absolute Gasteiger partial charge is 0.408 e. The molecule has 0 spiro atoms. The molecule has 2 atom stereocenters. The van der Waals surface area contributed by atoms with Gasteiger partial charge in [0.2, 0.25) is 0 Å². The minimum atomic E-state index is -0.584.